The number of rotatable bonds is 7. The summed E-state index contributed by atoms with van der Waals surface area (Å²) in [5.41, 5.74) is 2.36. The van der Waals surface area contributed by atoms with E-state index < -0.39 is 5.63 Å². The van der Waals surface area contributed by atoms with Crippen LogP contribution in [-0.2, 0) is 0 Å². The van der Waals surface area contributed by atoms with E-state index in [1.54, 1.807) is 0 Å². The van der Waals surface area contributed by atoms with Crippen molar-refractivity contribution in [3.8, 4) is 11.3 Å². The van der Waals surface area contributed by atoms with Gasteiger partial charge in [-0.2, -0.15) is 0 Å². The van der Waals surface area contributed by atoms with Gasteiger partial charge in [-0.25, -0.2) is 9.18 Å². The fourth-order valence-corrected chi connectivity index (χ4v) is 6.67. The van der Waals surface area contributed by atoms with Gasteiger partial charge in [-0.1, -0.05) is 88.8 Å². The molecule has 0 saturated heterocycles. The van der Waals surface area contributed by atoms with Crippen LogP contribution in [-0.4, -0.2) is 0 Å². The van der Waals surface area contributed by atoms with E-state index in [0.717, 1.165) is 43.1 Å². The van der Waals surface area contributed by atoms with Crippen LogP contribution in [0, 0.1) is 17.7 Å². The lowest BCUT2D eigenvalue weighted by atomic mass is 9.76. The van der Waals surface area contributed by atoms with Crippen LogP contribution in [0.4, 0.5) is 4.39 Å². The van der Waals surface area contributed by atoms with Crippen molar-refractivity contribution in [1.29, 1.82) is 0 Å². The summed E-state index contributed by atoms with van der Waals surface area (Å²) >= 11 is 0. The molecule has 2 saturated carbocycles. The molecule has 0 atom stereocenters. The Morgan fingerprint density at radius 2 is 1.56 bits per heavy atom. The molecule has 0 bridgehead atoms. The molecule has 5 rings (SSSR count). The third kappa shape index (κ3) is 5.45. The molecule has 192 valence electrons. The molecule has 0 unspecified atom stereocenters. The van der Waals surface area contributed by atoms with Gasteiger partial charge in [-0.05, 0) is 84.8 Å². The minimum atomic E-state index is -0.569. The van der Waals surface area contributed by atoms with Gasteiger partial charge >= 0.3 is 5.63 Å². The predicted octanol–water partition coefficient (Wildman–Crippen LogP) is 9.75. The van der Waals surface area contributed by atoms with Crippen molar-refractivity contribution in [1.82, 2.24) is 0 Å². The Labute approximate surface area is 215 Å². The summed E-state index contributed by atoms with van der Waals surface area (Å²) in [6.07, 6.45) is 14.6. The lowest BCUT2D eigenvalue weighted by Crippen LogP contribution is -2.15. The smallest absolute Gasteiger partial charge is 0.347 e. The number of halogens is 1. The Morgan fingerprint density at radius 3 is 2.25 bits per heavy atom. The second kappa shape index (κ2) is 11.3. The molecule has 2 fully saturated rings. The lowest BCUT2D eigenvalue weighted by Gasteiger charge is -2.29. The number of benzene rings is 2. The maximum absolute atomic E-state index is 15.6. The summed E-state index contributed by atoms with van der Waals surface area (Å²) in [7, 11) is 0. The number of unbranched alkanes of at least 4 members (excludes halogenated alkanes) is 2. The SMILES string of the molecule is CCCCCC1CCC(c2ccc3cc(-c4ccc(C5CCC(C)CC5)cc4)oc(=O)c3c2F)CC1. The van der Waals surface area contributed by atoms with Crippen molar-refractivity contribution < 1.29 is 8.81 Å². The van der Waals surface area contributed by atoms with E-state index in [2.05, 4.69) is 26.0 Å². The predicted molar refractivity (Wildman–Crippen MR) is 147 cm³/mol. The number of fused-ring (bicyclic) bond motifs is 1. The first-order valence-corrected chi connectivity index (χ1v) is 14.4. The quantitative estimate of drug-likeness (QED) is 0.310. The third-order valence-corrected chi connectivity index (χ3v) is 9.08. The normalized spacial score (nSPS) is 24.8. The van der Waals surface area contributed by atoms with Crippen LogP contribution in [0.2, 0.25) is 0 Å². The molecule has 0 amide bonds. The average molecular weight is 489 g/mol. The van der Waals surface area contributed by atoms with E-state index in [0.29, 0.717) is 22.6 Å². The monoisotopic (exact) mass is 488 g/mol. The largest absolute Gasteiger partial charge is 0.422 e. The molecule has 36 heavy (non-hydrogen) atoms. The second-order valence-corrected chi connectivity index (χ2v) is 11.6. The van der Waals surface area contributed by atoms with E-state index in [1.165, 1.54) is 56.9 Å². The highest BCUT2D eigenvalue weighted by Gasteiger charge is 2.26. The molecule has 3 heteroatoms. The van der Waals surface area contributed by atoms with Crippen LogP contribution in [0.5, 0.6) is 0 Å². The van der Waals surface area contributed by atoms with Gasteiger partial charge in [0.25, 0.3) is 0 Å². The van der Waals surface area contributed by atoms with Gasteiger partial charge in [-0.15, -0.1) is 0 Å². The first-order chi connectivity index (χ1) is 17.5. The third-order valence-electron chi connectivity index (χ3n) is 9.08. The molecule has 1 aromatic heterocycles. The Kier molecular flexibility index (Phi) is 7.93. The number of hydrogen-bond acceptors (Lipinski definition) is 2. The van der Waals surface area contributed by atoms with Crippen LogP contribution in [0.15, 0.2) is 51.7 Å². The van der Waals surface area contributed by atoms with Crippen molar-refractivity contribution in [2.45, 2.75) is 103 Å². The zero-order valence-corrected chi connectivity index (χ0v) is 22.0. The van der Waals surface area contributed by atoms with Crippen LogP contribution < -0.4 is 5.63 Å². The van der Waals surface area contributed by atoms with Crippen molar-refractivity contribution in [2.24, 2.45) is 11.8 Å². The van der Waals surface area contributed by atoms with Gasteiger partial charge in [0.15, 0.2) is 0 Å². The Morgan fingerprint density at radius 1 is 0.861 bits per heavy atom. The Balaban J connectivity index is 1.33. The molecule has 1 heterocycles. The van der Waals surface area contributed by atoms with E-state index in [1.807, 2.05) is 30.3 Å². The fourth-order valence-electron chi connectivity index (χ4n) is 6.67. The summed E-state index contributed by atoms with van der Waals surface area (Å²) in [5, 5.41) is 0.732. The first kappa shape index (κ1) is 25.2. The lowest BCUT2D eigenvalue weighted by molar-refractivity contribution is 0.299. The van der Waals surface area contributed by atoms with Crippen LogP contribution in [0.1, 0.15) is 114 Å². The zero-order chi connectivity index (χ0) is 25.1. The highest BCUT2D eigenvalue weighted by molar-refractivity contribution is 5.85. The summed E-state index contributed by atoms with van der Waals surface area (Å²) in [6, 6.07) is 14.1. The second-order valence-electron chi connectivity index (χ2n) is 11.6. The average Bonchev–Trinajstić information content (AvgIpc) is 2.90. The van der Waals surface area contributed by atoms with Gasteiger partial charge in [0, 0.05) is 5.56 Å². The van der Waals surface area contributed by atoms with Crippen LogP contribution in [0.3, 0.4) is 0 Å². The maximum atomic E-state index is 15.6. The maximum Gasteiger partial charge on any atom is 0.347 e. The first-order valence-electron chi connectivity index (χ1n) is 14.4. The van der Waals surface area contributed by atoms with Crippen molar-refractivity contribution in [2.75, 3.05) is 0 Å². The van der Waals surface area contributed by atoms with E-state index >= 15 is 4.39 Å². The Hall–Kier alpha value is -2.42. The summed E-state index contributed by atoms with van der Waals surface area (Å²) in [4.78, 5) is 13.0. The molecule has 2 nitrogen and oxygen atoms in total. The van der Waals surface area contributed by atoms with Crippen molar-refractivity contribution >= 4 is 10.8 Å². The molecular formula is C33H41FO2. The molecular weight excluding hydrogens is 447 g/mol. The van der Waals surface area contributed by atoms with Crippen LogP contribution >= 0.6 is 0 Å². The van der Waals surface area contributed by atoms with Gasteiger partial charge in [-0.3, -0.25) is 0 Å². The highest BCUT2D eigenvalue weighted by Crippen LogP contribution is 2.40. The molecule has 3 aromatic rings. The van der Waals surface area contributed by atoms with Gasteiger partial charge in [0.2, 0.25) is 0 Å². The molecule has 2 aliphatic rings. The molecule has 0 aliphatic heterocycles. The van der Waals surface area contributed by atoms with Crippen molar-refractivity contribution in [3.05, 3.63) is 69.8 Å². The molecule has 2 aliphatic carbocycles. The molecule has 0 N–H and O–H groups in total. The minimum absolute atomic E-state index is 0.106. The summed E-state index contributed by atoms with van der Waals surface area (Å²) in [5.74, 6) is 2.57. The molecule has 2 aromatic carbocycles. The van der Waals surface area contributed by atoms with Gasteiger partial charge in [0.1, 0.15) is 17.0 Å². The van der Waals surface area contributed by atoms with Gasteiger partial charge < -0.3 is 4.42 Å². The van der Waals surface area contributed by atoms with E-state index in [9.17, 15) is 4.79 Å². The number of hydrogen-bond donors (Lipinski definition) is 0. The summed E-state index contributed by atoms with van der Waals surface area (Å²) in [6.45, 7) is 4.58. The van der Waals surface area contributed by atoms with E-state index in [-0.39, 0.29) is 17.1 Å². The van der Waals surface area contributed by atoms with Crippen LogP contribution in [0.25, 0.3) is 22.1 Å². The van der Waals surface area contributed by atoms with Crippen molar-refractivity contribution in [3.63, 3.8) is 0 Å². The van der Waals surface area contributed by atoms with E-state index in [4.69, 9.17) is 4.42 Å². The topological polar surface area (TPSA) is 30.2 Å². The van der Waals surface area contributed by atoms with Gasteiger partial charge in [0.05, 0.1) is 0 Å². The molecule has 0 spiro atoms. The minimum Gasteiger partial charge on any atom is -0.422 e. The zero-order valence-electron chi connectivity index (χ0n) is 22.0. The molecule has 0 radical (unpaired) electrons. The standard InChI is InChI=1S/C33H41FO2/c1-3-4-5-6-23-9-13-26(14-10-23)29-20-19-28-21-30(36-33(35)31(28)32(29)34)27-17-15-25(16-18-27)24-11-7-22(2)8-12-24/h15-24,26H,3-14H2,1-2H3. The highest BCUT2D eigenvalue weighted by atomic mass is 19.1. The Bertz CT molecular complexity index is 1210. The summed E-state index contributed by atoms with van der Waals surface area (Å²) < 4.78 is 21.3. The fraction of sp³-hybridized carbons (Fsp3) is 0.545.